The summed E-state index contributed by atoms with van der Waals surface area (Å²) in [5.74, 6) is -0.963. The van der Waals surface area contributed by atoms with Crippen molar-refractivity contribution in [3.8, 4) is 0 Å². The van der Waals surface area contributed by atoms with Crippen LogP contribution in [-0.2, 0) is 28.6 Å². The maximum Gasteiger partial charge on any atom is 0.306 e. The van der Waals surface area contributed by atoms with Crippen molar-refractivity contribution in [3.63, 3.8) is 0 Å². The van der Waals surface area contributed by atoms with Crippen LogP contribution in [0.5, 0.6) is 0 Å². The monoisotopic (exact) mass is 987 g/mol. The van der Waals surface area contributed by atoms with Crippen LogP contribution in [0, 0.1) is 0 Å². The summed E-state index contributed by atoms with van der Waals surface area (Å²) >= 11 is 0. The van der Waals surface area contributed by atoms with Crippen LogP contribution in [0.4, 0.5) is 0 Å². The van der Waals surface area contributed by atoms with Gasteiger partial charge in [-0.3, -0.25) is 14.4 Å². The number of rotatable bonds is 53. The summed E-state index contributed by atoms with van der Waals surface area (Å²) in [6.07, 6.45) is 78.3. The third-order valence-electron chi connectivity index (χ3n) is 12.5. The molecule has 0 aromatic heterocycles. The third kappa shape index (κ3) is 57.1. The highest BCUT2D eigenvalue weighted by Gasteiger charge is 2.19. The molecule has 0 bridgehead atoms. The van der Waals surface area contributed by atoms with Crippen molar-refractivity contribution in [3.05, 3.63) is 97.2 Å². The minimum Gasteiger partial charge on any atom is -0.462 e. The highest BCUT2D eigenvalue weighted by molar-refractivity contribution is 5.71. The maximum atomic E-state index is 12.9. The number of hydrogen-bond acceptors (Lipinski definition) is 6. The van der Waals surface area contributed by atoms with E-state index < -0.39 is 6.10 Å². The fourth-order valence-electron chi connectivity index (χ4n) is 8.09. The standard InChI is InChI=1S/C65H110O6/c1-4-7-10-13-16-19-22-25-28-31-32-35-37-40-43-46-49-52-55-58-64(67)70-61-62(71-65(68)59-56-53-50-47-44-41-38-34-30-27-24-21-18-15-12-9-6-3)60-69-63(66)57-54-51-48-45-42-39-36-33-29-26-23-20-17-14-11-8-5-2/h8,11,16-17,19-20,25-30,36,39,45,48,62H,4-7,9-10,12-15,18,21-24,31-35,37-38,40-44,46-47,49-61H2,1-3H3/b11-8-,19-16-,20-17-,28-25-,29-26-,30-27-,39-36-,48-45-/t62-/m1/s1. The summed E-state index contributed by atoms with van der Waals surface area (Å²) in [4.78, 5) is 38.2. The molecule has 0 fully saturated rings. The minimum absolute atomic E-state index is 0.0991. The molecule has 0 aromatic carbocycles. The zero-order chi connectivity index (χ0) is 51.4. The van der Waals surface area contributed by atoms with Crippen molar-refractivity contribution in [2.45, 2.75) is 284 Å². The molecule has 0 unspecified atom stereocenters. The highest BCUT2D eigenvalue weighted by atomic mass is 16.6. The Kier molecular flexibility index (Phi) is 55.9. The Morgan fingerprint density at radius 2 is 0.563 bits per heavy atom. The molecule has 0 rings (SSSR count). The third-order valence-corrected chi connectivity index (χ3v) is 12.5. The predicted molar refractivity (Wildman–Crippen MR) is 307 cm³/mol. The summed E-state index contributed by atoms with van der Waals surface area (Å²) in [5, 5.41) is 0. The lowest BCUT2D eigenvalue weighted by Crippen LogP contribution is -2.30. The van der Waals surface area contributed by atoms with E-state index >= 15 is 0 Å². The molecule has 6 nitrogen and oxygen atoms in total. The van der Waals surface area contributed by atoms with Gasteiger partial charge in [0.15, 0.2) is 6.10 Å². The first-order valence-electron chi connectivity index (χ1n) is 29.7. The summed E-state index contributed by atoms with van der Waals surface area (Å²) in [7, 11) is 0. The zero-order valence-electron chi connectivity index (χ0n) is 46.5. The van der Waals surface area contributed by atoms with E-state index in [0.717, 1.165) is 83.5 Å². The van der Waals surface area contributed by atoms with Crippen molar-refractivity contribution < 1.29 is 28.6 Å². The molecule has 0 aliphatic heterocycles. The molecular weight excluding hydrogens is 877 g/mol. The zero-order valence-corrected chi connectivity index (χ0v) is 46.5. The van der Waals surface area contributed by atoms with E-state index in [4.69, 9.17) is 14.2 Å². The van der Waals surface area contributed by atoms with Gasteiger partial charge in [0.25, 0.3) is 0 Å². The van der Waals surface area contributed by atoms with E-state index in [-0.39, 0.29) is 37.5 Å². The van der Waals surface area contributed by atoms with E-state index in [1.54, 1.807) is 0 Å². The number of carbonyl (C=O) groups is 3. The fraction of sp³-hybridized carbons (Fsp3) is 0.708. The Hall–Kier alpha value is -3.67. The fourth-order valence-corrected chi connectivity index (χ4v) is 8.09. The Morgan fingerprint density at radius 1 is 0.296 bits per heavy atom. The van der Waals surface area contributed by atoms with Crippen molar-refractivity contribution in [1.29, 1.82) is 0 Å². The van der Waals surface area contributed by atoms with Gasteiger partial charge in [-0.25, -0.2) is 0 Å². The quantitative estimate of drug-likeness (QED) is 0.0261. The van der Waals surface area contributed by atoms with Gasteiger partial charge in [0.1, 0.15) is 13.2 Å². The molecule has 6 heteroatoms. The summed E-state index contributed by atoms with van der Waals surface area (Å²) in [6, 6.07) is 0. The molecule has 0 heterocycles. The SMILES string of the molecule is CC/C=C\C/C=C\C/C=C\C/C=C\C/C=C\CCCC(=O)OC[C@H](COC(=O)CCCCCCCCCCC/C=C\C/C=C\CCCCC)OC(=O)CCCCCCCCC/C=C\CCCCCCCC. The van der Waals surface area contributed by atoms with Crippen LogP contribution in [-0.4, -0.2) is 37.2 Å². The first-order valence-corrected chi connectivity index (χ1v) is 29.7. The average molecular weight is 988 g/mol. The van der Waals surface area contributed by atoms with Gasteiger partial charge in [-0.2, -0.15) is 0 Å². The van der Waals surface area contributed by atoms with Crippen molar-refractivity contribution >= 4 is 17.9 Å². The summed E-state index contributed by atoms with van der Waals surface area (Å²) < 4.78 is 16.8. The smallest absolute Gasteiger partial charge is 0.306 e. The summed E-state index contributed by atoms with van der Waals surface area (Å²) in [5.41, 5.74) is 0. The van der Waals surface area contributed by atoms with Gasteiger partial charge in [-0.05, 0) is 116 Å². The number of allylic oxidation sites excluding steroid dienone is 16. The lowest BCUT2D eigenvalue weighted by molar-refractivity contribution is -0.167. The van der Waals surface area contributed by atoms with Crippen LogP contribution in [0.1, 0.15) is 278 Å². The van der Waals surface area contributed by atoms with Crippen LogP contribution in [0.25, 0.3) is 0 Å². The number of esters is 3. The van der Waals surface area contributed by atoms with E-state index in [2.05, 4.69) is 118 Å². The van der Waals surface area contributed by atoms with Crippen molar-refractivity contribution in [1.82, 2.24) is 0 Å². The lowest BCUT2D eigenvalue weighted by Gasteiger charge is -2.18. The highest BCUT2D eigenvalue weighted by Crippen LogP contribution is 2.15. The van der Waals surface area contributed by atoms with Crippen molar-refractivity contribution in [2.24, 2.45) is 0 Å². The molecular formula is C65H110O6. The molecule has 0 radical (unpaired) electrons. The van der Waals surface area contributed by atoms with Crippen LogP contribution in [0.2, 0.25) is 0 Å². The van der Waals surface area contributed by atoms with Crippen LogP contribution in [0.15, 0.2) is 97.2 Å². The number of unbranched alkanes of at least 4 members (excludes halogenated alkanes) is 26. The molecule has 71 heavy (non-hydrogen) atoms. The average Bonchev–Trinajstić information content (AvgIpc) is 3.37. The predicted octanol–water partition coefficient (Wildman–Crippen LogP) is 20.1. The Labute approximate surface area is 438 Å². The van der Waals surface area contributed by atoms with Gasteiger partial charge in [-0.15, -0.1) is 0 Å². The second-order valence-corrected chi connectivity index (χ2v) is 19.5. The second kappa shape index (κ2) is 58.9. The normalized spacial score (nSPS) is 12.8. The van der Waals surface area contributed by atoms with Crippen LogP contribution in [0.3, 0.4) is 0 Å². The van der Waals surface area contributed by atoms with Gasteiger partial charge >= 0.3 is 17.9 Å². The summed E-state index contributed by atoms with van der Waals surface area (Å²) in [6.45, 7) is 6.46. The van der Waals surface area contributed by atoms with Gasteiger partial charge < -0.3 is 14.2 Å². The van der Waals surface area contributed by atoms with E-state index in [0.29, 0.717) is 19.3 Å². The first-order chi connectivity index (χ1) is 35.0. The van der Waals surface area contributed by atoms with Gasteiger partial charge in [-0.1, -0.05) is 240 Å². The maximum absolute atomic E-state index is 12.9. The van der Waals surface area contributed by atoms with Crippen molar-refractivity contribution in [2.75, 3.05) is 13.2 Å². The molecule has 0 N–H and O–H groups in total. The van der Waals surface area contributed by atoms with E-state index in [9.17, 15) is 14.4 Å². The molecule has 0 aliphatic carbocycles. The molecule has 1 atom stereocenters. The molecule has 0 saturated carbocycles. The molecule has 0 aliphatic rings. The Bertz CT molecular complexity index is 1410. The topological polar surface area (TPSA) is 78.9 Å². The number of ether oxygens (including phenoxy) is 3. The molecule has 0 amide bonds. The Balaban J connectivity index is 4.47. The first kappa shape index (κ1) is 67.3. The molecule has 0 spiro atoms. The lowest BCUT2D eigenvalue weighted by atomic mass is 10.1. The largest absolute Gasteiger partial charge is 0.462 e. The minimum atomic E-state index is -0.806. The van der Waals surface area contributed by atoms with Gasteiger partial charge in [0, 0.05) is 19.3 Å². The molecule has 0 saturated heterocycles. The Morgan fingerprint density at radius 3 is 0.958 bits per heavy atom. The van der Waals surface area contributed by atoms with E-state index in [1.165, 1.54) is 148 Å². The second-order valence-electron chi connectivity index (χ2n) is 19.5. The van der Waals surface area contributed by atoms with Gasteiger partial charge in [0.2, 0.25) is 0 Å². The van der Waals surface area contributed by atoms with E-state index in [1.807, 2.05) is 0 Å². The number of hydrogen-bond donors (Lipinski definition) is 0. The number of carbonyl (C=O) groups excluding carboxylic acids is 3. The molecule has 0 aromatic rings. The van der Waals surface area contributed by atoms with Crippen LogP contribution >= 0.6 is 0 Å². The van der Waals surface area contributed by atoms with Crippen LogP contribution < -0.4 is 0 Å². The van der Waals surface area contributed by atoms with Gasteiger partial charge in [0.05, 0.1) is 0 Å². The molecule has 406 valence electrons.